The second kappa shape index (κ2) is 10.8. The number of rotatable bonds is 5. The van der Waals surface area contributed by atoms with Gasteiger partial charge >= 0.3 is 6.18 Å². The highest BCUT2D eigenvalue weighted by Crippen LogP contribution is 2.18. The van der Waals surface area contributed by atoms with Gasteiger partial charge in [0.15, 0.2) is 0 Å². The first-order valence-electron chi connectivity index (χ1n) is 4.77. The van der Waals surface area contributed by atoms with Gasteiger partial charge in [-0.25, -0.2) is 0 Å². The molecule has 0 aromatic carbocycles. The van der Waals surface area contributed by atoms with Gasteiger partial charge in [-0.3, -0.25) is 0 Å². The molecule has 0 bridgehead atoms. The van der Waals surface area contributed by atoms with Gasteiger partial charge in [0.05, 0.1) is 13.0 Å². The van der Waals surface area contributed by atoms with Crippen molar-refractivity contribution in [1.82, 2.24) is 5.32 Å². The van der Waals surface area contributed by atoms with Crippen LogP contribution in [-0.4, -0.2) is 33.0 Å². The van der Waals surface area contributed by atoms with Gasteiger partial charge in [-0.1, -0.05) is 13.8 Å². The van der Waals surface area contributed by atoms with Crippen LogP contribution in [0.2, 0.25) is 0 Å². The van der Waals surface area contributed by atoms with Crippen LogP contribution in [-0.2, 0) is 4.74 Å². The third kappa shape index (κ3) is 22.6. The minimum atomic E-state index is -4.08. The van der Waals surface area contributed by atoms with Crippen LogP contribution in [0.25, 0.3) is 0 Å². The molecule has 14 heavy (non-hydrogen) atoms. The molecule has 0 fully saturated rings. The smallest absolute Gasteiger partial charge is 0.381 e. The summed E-state index contributed by atoms with van der Waals surface area (Å²) in [5, 5.41) is 2.93. The Kier molecular flexibility index (Phi) is 12.4. The predicted molar refractivity (Wildman–Crippen MR) is 51.4 cm³/mol. The zero-order chi connectivity index (χ0) is 11.4. The van der Waals surface area contributed by atoms with Crippen molar-refractivity contribution in [3.8, 4) is 0 Å². The van der Waals surface area contributed by atoms with E-state index in [9.17, 15) is 13.2 Å². The van der Waals surface area contributed by atoms with Crippen molar-refractivity contribution < 1.29 is 17.9 Å². The van der Waals surface area contributed by atoms with Gasteiger partial charge in [0, 0.05) is 6.61 Å². The maximum atomic E-state index is 11.4. The lowest BCUT2D eigenvalue weighted by Gasteiger charge is -2.05. The molecule has 5 heteroatoms. The topological polar surface area (TPSA) is 21.3 Å². The summed E-state index contributed by atoms with van der Waals surface area (Å²) in [6.45, 7) is 5.20. The first-order valence-corrected chi connectivity index (χ1v) is 4.77. The summed E-state index contributed by atoms with van der Waals surface area (Å²) in [5.41, 5.74) is 0. The van der Waals surface area contributed by atoms with Crippen molar-refractivity contribution in [2.24, 2.45) is 0 Å². The highest BCUT2D eigenvalue weighted by Gasteiger charge is 2.26. The highest BCUT2D eigenvalue weighted by atomic mass is 19.4. The van der Waals surface area contributed by atoms with Crippen LogP contribution in [0.1, 0.15) is 26.7 Å². The molecular formula is C9H20F3NO. The summed E-state index contributed by atoms with van der Waals surface area (Å²) in [6.07, 6.45) is -4.15. The number of hydrogen-bond acceptors (Lipinski definition) is 2. The Morgan fingerprint density at radius 2 is 1.64 bits per heavy atom. The lowest BCUT2D eigenvalue weighted by molar-refractivity contribution is -0.145. The fraction of sp³-hybridized carbons (Fsp3) is 1.00. The van der Waals surface area contributed by atoms with E-state index in [2.05, 4.69) is 17.0 Å². The summed E-state index contributed by atoms with van der Waals surface area (Å²) in [5.74, 6) is 0. The van der Waals surface area contributed by atoms with Crippen LogP contribution in [0, 0.1) is 0 Å². The van der Waals surface area contributed by atoms with Gasteiger partial charge in [-0.2, -0.15) is 13.2 Å². The molecule has 0 unspecified atom stereocenters. The summed E-state index contributed by atoms with van der Waals surface area (Å²) in [7, 11) is 1.93. The molecule has 0 atom stereocenters. The van der Waals surface area contributed by atoms with E-state index in [1.807, 2.05) is 14.0 Å². The highest BCUT2D eigenvalue weighted by molar-refractivity contribution is 4.47. The Hall–Kier alpha value is -0.290. The molecule has 0 aromatic heterocycles. The van der Waals surface area contributed by atoms with Crippen molar-refractivity contribution in [3.63, 3.8) is 0 Å². The summed E-state index contributed by atoms with van der Waals surface area (Å²) in [4.78, 5) is 0. The Balaban J connectivity index is 0. The molecule has 0 saturated carbocycles. The standard InChI is InChI=1S/C6H11F3O.C3H9N/c1-2-4-10-5-3-6(7,8)9;1-3-4-2/h2-5H2,1H3;4H,3H2,1-2H3. The molecule has 0 aromatic rings. The van der Waals surface area contributed by atoms with E-state index in [0.29, 0.717) is 6.61 Å². The van der Waals surface area contributed by atoms with E-state index in [1.54, 1.807) is 0 Å². The van der Waals surface area contributed by atoms with Crippen molar-refractivity contribution >= 4 is 0 Å². The first kappa shape index (κ1) is 16.2. The first-order chi connectivity index (χ1) is 6.47. The summed E-state index contributed by atoms with van der Waals surface area (Å²) < 4.78 is 38.8. The fourth-order valence-electron chi connectivity index (χ4n) is 0.434. The van der Waals surface area contributed by atoms with Gasteiger partial charge in [0.2, 0.25) is 0 Å². The van der Waals surface area contributed by atoms with E-state index < -0.39 is 12.6 Å². The Morgan fingerprint density at radius 3 is 1.93 bits per heavy atom. The molecule has 0 heterocycles. The Bertz CT molecular complexity index is 105. The van der Waals surface area contributed by atoms with Crippen molar-refractivity contribution in [2.45, 2.75) is 32.9 Å². The minimum Gasteiger partial charge on any atom is -0.381 e. The second-order valence-electron chi connectivity index (χ2n) is 2.68. The van der Waals surface area contributed by atoms with Crippen molar-refractivity contribution in [2.75, 3.05) is 26.8 Å². The van der Waals surface area contributed by atoms with Gasteiger partial charge < -0.3 is 10.1 Å². The van der Waals surface area contributed by atoms with Crippen LogP contribution in [0.15, 0.2) is 0 Å². The largest absolute Gasteiger partial charge is 0.391 e. The summed E-state index contributed by atoms with van der Waals surface area (Å²) in [6, 6.07) is 0. The van der Waals surface area contributed by atoms with Crippen molar-refractivity contribution in [3.05, 3.63) is 0 Å². The van der Waals surface area contributed by atoms with Gasteiger partial charge in [-0.15, -0.1) is 0 Å². The number of alkyl halides is 3. The van der Waals surface area contributed by atoms with Gasteiger partial charge in [-0.05, 0) is 20.0 Å². The molecular weight excluding hydrogens is 195 g/mol. The SMILES string of the molecule is CCCOCCC(F)(F)F.CCNC. The van der Waals surface area contributed by atoms with E-state index in [0.717, 1.165) is 13.0 Å². The Morgan fingerprint density at radius 1 is 1.14 bits per heavy atom. The average molecular weight is 215 g/mol. The lowest BCUT2D eigenvalue weighted by atomic mass is 10.4. The number of ether oxygens (including phenoxy) is 1. The van der Waals surface area contributed by atoms with Crippen LogP contribution in [0.3, 0.4) is 0 Å². The average Bonchev–Trinajstić information content (AvgIpc) is 2.11. The molecule has 2 nitrogen and oxygen atoms in total. The van der Waals surface area contributed by atoms with Gasteiger partial charge in [0.1, 0.15) is 0 Å². The van der Waals surface area contributed by atoms with E-state index in [4.69, 9.17) is 0 Å². The lowest BCUT2D eigenvalue weighted by Crippen LogP contribution is -2.11. The molecule has 0 saturated heterocycles. The molecule has 0 aliphatic rings. The molecule has 0 aliphatic heterocycles. The zero-order valence-corrected chi connectivity index (χ0v) is 9.08. The maximum Gasteiger partial charge on any atom is 0.391 e. The van der Waals surface area contributed by atoms with E-state index in [1.165, 1.54) is 0 Å². The molecule has 0 spiro atoms. The molecule has 0 radical (unpaired) electrons. The second-order valence-corrected chi connectivity index (χ2v) is 2.68. The van der Waals surface area contributed by atoms with Crippen LogP contribution in [0.4, 0.5) is 13.2 Å². The van der Waals surface area contributed by atoms with E-state index >= 15 is 0 Å². The minimum absolute atomic E-state index is 0.211. The van der Waals surface area contributed by atoms with Crippen LogP contribution in [0.5, 0.6) is 0 Å². The third-order valence-corrected chi connectivity index (χ3v) is 1.23. The summed E-state index contributed by atoms with van der Waals surface area (Å²) >= 11 is 0. The maximum absolute atomic E-state index is 11.4. The number of halogens is 3. The van der Waals surface area contributed by atoms with Crippen molar-refractivity contribution in [1.29, 1.82) is 0 Å². The molecule has 0 amide bonds. The molecule has 0 rings (SSSR count). The van der Waals surface area contributed by atoms with Crippen LogP contribution < -0.4 is 5.32 Å². The fourth-order valence-corrected chi connectivity index (χ4v) is 0.434. The quantitative estimate of drug-likeness (QED) is 0.712. The van der Waals surface area contributed by atoms with Gasteiger partial charge in [0.25, 0.3) is 0 Å². The molecule has 0 aliphatic carbocycles. The van der Waals surface area contributed by atoms with Crippen LogP contribution >= 0.6 is 0 Å². The number of hydrogen-bond donors (Lipinski definition) is 1. The predicted octanol–water partition coefficient (Wildman–Crippen LogP) is 2.59. The Labute approximate surface area is 83.8 Å². The molecule has 88 valence electrons. The molecule has 1 N–H and O–H groups in total. The normalized spacial score (nSPS) is 10.7. The van der Waals surface area contributed by atoms with E-state index in [-0.39, 0.29) is 6.61 Å². The number of nitrogens with one attached hydrogen (secondary N) is 1. The third-order valence-electron chi connectivity index (χ3n) is 1.23. The monoisotopic (exact) mass is 215 g/mol. The zero-order valence-electron chi connectivity index (χ0n) is 9.08.